The molecule has 2 N–H and O–H groups in total. The first kappa shape index (κ1) is 9.96. The first-order valence-electron chi connectivity index (χ1n) is 4.79. The number of nitrogens with two attached hydrogens (primary N) is 1. The van der Waals surface area contributed by atoms with E-state index in [4.69, 9.17) is 5.84 Å². The van der Waals surface area contributed by atoms with Gasteiger partial charge < -0.3 is 0 Å². The van der Waals surface area contributed by atoms with Crippen molar-refractivity contribution in [3.63, 3.8) is 0 Å². The topological polar surface area (TPSA) is 32.5 Å². The van der Waals surface area contributed by atoms with Gasteiger partial charge in [-0.25, -0.2) is 5.01 Å². The summed E-state index contributed by atoms with van der Waals surface area (Å²) in [5, 5.41) is 1.92. The summed E-state index contributed by atoms with van der Waals surface area (Å²) in [4.78, 5) is 2.53. The molecule has 1 rings (SSSR count). The molecular weight excluding hydrogens is 150 g/mol. The van der Waals surface area contributed by atoms with Gasteiger partial charge in [-0.05, 0) is 27.7 Å². The highest BCUT2D eigenvalue weighted by Crippen LogP contribution is 2.16. The summed E-state index contributed by atoms with van der Waals surface area (Å²) in [5.41, 5.74) is 0. The van der Waals surface area contributed by atoms with Gasteiger partial charge in [0.1, 0.15) is 0 Å². The van der Waals surface area contributed by atoms with Crippen LogP contribution in [0.15, 0.2) is 0 Å². The zero-order valence-corrected chi connectivity index (χ0v) is 8.62. The second-order valence-corrected chi connectivity index (χ2v) is 4.19. The Morgan fingerprint density at radius 2 is 1.58 bits per heavy atom. The van der Waals surface area contributed by atoms with Crippen molar-refractivity contribution in [1.82, 2.24) is 9.91 Å². The van der Waals surface area contributed by atoms with Crippen LogP contribution in [0.1, 0.15) is 27.7 Å². The molecule has 3 nitrogen and oxygen atoms in total. The molecular formula is C9H21N3. The molecule has 0 aromatic heterocycles. The van der Waals surface area contributed by atoms with E-state index in [1.807, 2.05) is 5.01 Å². The Balaban J connectivity index is 2.60. The van der Waals surface area contributed by atoms with Crippen LogP contribution in [0.5, 0.6) is 0 Å². The highest BCUT2D eigenvalue weighted by Gasteiger charge is 2.29. The fourth-order valence-corrected chi connectivity index (χ4v) is 2.39. The van der Waals surface area contributed by atoms with Gasteiger partial charge >= 0.3 is 0 Å². The van der Waals surface area contributed by atoms with Gasteiger partial charge in [-0.15, -0.1) is 0 Å². The van der Waals surface area contributed by atoms with Crippen LogP contribution < -0.4 is 5.84 Å². The van der Waals surface area contributed by atoms with Gasteiger partial charge in [-0.1, -0.05) is 0 Å². The molecule has 0 aromatic rings. The molecule has 3 heteroatoms. The molecule has 0 saturated carbocycles. The minimum absolute atomic E-state index is 0.582. The molecule has 1 aliphatic rings. The molecule has 0 unspecified atom stereocenters. The SMILES string of the molecule is CC(C)N1[C@H](C)CN(N)C[C@@H]1C. The summed E-state index contributed by atoms with van der Waals surface area (Å²) < 4.78 is 0. The molecule has 0 aliphatic carbocycles. The number of hydrazine groups is 1. The molecule has 1 saturated heterocycles. The summed E-state index contributed by atoms with van der Waals surface area (Å²) in [6.45, 7) is 11.0. The van der Waals surface area contributed by atoms with E-state index in [1.54, 1.807) is 0 Å². The van der Waals surface area contributed by atoms with Gasteiger partial charge in [0.05, 0.1) is 0 Å². The van der Waals surface area contributed by atoms with E-state index in [9.17, 15) is 0 Å². The molecule has 1 heterocycles. The Morgan fingerprint density at radius 3 is 1.92 bits per heavy atom. The van der Waals surface area contributed by atoms with E-state index < -0.39 is 0 Å². The first-order valence-corrected chi connectivity index (χ1v) is 4.79. The highest BCUT2D eigenvalue weighted by atomic mass is 15.5. The Morgan fingerprint density at radius 1 is 1.17 bits per heavy atom. The van der Waals surface area contributed by atoms with Gasteiger partial charge in [0.25, 0.3) is 0 Å². The maximum Gasteiger partial charge on any atom is 0.0283 e. The van der Waals surface area contributed by atoms with E-state index >= 15 is 0 Å². The fourth-order valence-electron chi connectivity index (χ4n) is 2.39. The summed E-state index contributed by atoms with van der Waals surface area (Å²) in [5.74, 6) is 5.78. The lowest BCUT2D eigenvalue weighted by molar-refractivity contribution is 0.0165. The smallest absolute Gasteiger partial charge is 0.0283 e. The maximum atomic E-state index is 5.78. The van der Waals surface area contributed by atoms with Crippen molar-refractivity contribution in [2.45, 2.75) is 45.8 Å². The highest BCUT2D eigenvalue weighted by molar-refractivity contribution is 4.84. The first-order chi connectivity index (χ1) is 5.52. The molecule has 1 fully saturated rings. The Kier molecular flexibility index (Phi) is 3.09. The van der Waals surface area contributed by atoms with Crippen LogP contribution >= 0.6 is 0 Å². The molecule has 0 spiro atoms. The van der Waals surface area contributed by atoms with Crippen molar-refractivity contribution in [3.05, 3.63) is 0 Å². The number of hydrogen-bond acceptors (Lipinski definition) is 3. The van der Waals surface area contributed by atoms with Gasteiger partial charge in [0.2, 0.25) is 0 Å². The van der Waals surface area contributed by atoms with E-state index in [0.717, 1.165) is 13.1 Å². The van der Waals surface area contributed by atoms with Gasteiger partial charge in [-0.3, -0.25) is 10.7 Å². The zero-order chi connectivity index (χ0) is 9.30. The fraction of sp³-hybridized carbons (Fsp3) is 1.00. The Hall–Kier alpha value is -0.120. The predicted octanol–water partition coefficient (Wildman–Crippen LogP) is 0.663. The van der Waals surface area contributed by atoms with E-state index in [2.05, 4.69) is 32.6 Å². The lowest BCUT2D eigenvalue weighted by atomic mass is 10.1. The number of nitrogens with zero attached hydrogens (tertiary/aromatic N) is 2. The van der Waals surface area contributed by atoms with Crippen LogP contribution in [0.2, 0.25) is 0 Å². The monoisotopic (exact) mass is 171 g/mol. The van der Waals surface area contributed by atoms with E-state index in [1.165, 1.54) is 0 Å². The van der Waals surface area contributed by atoms with Crippen molar-refractivity contribution in [1.29, 1.82) is 0 Å². The average molecular weight is 171 g/mol. The maximum absolute atomic E-state index is 5.78. The number of piperazine rings is 1. The van der Waals surface area contributed by atoms with Crippen molar-refractivity contribution in [2.24, 2.45) is 5.84 Å². The van der Waals surface area contributed by atoms with Crippen LogP contribution in [0, 0.1) is 0 Å². The summed E-state index contributed by atoms with van der Waals surface area (Å²) in [6.07, 6.45) is 0. The second kappa shape index (κ2) is 3.73. The van der Waals surface area contributed by atoms with Crippen LogP contribution in [-0.2, 0) is 0 Å². The summed E-state index contributed by atoms with van der Waals surface area (Å²) >= 11 is 0. The van der Waals surface area contributed by atoms with Crippen molar-refractivity contribution >= 4 is 0 Å². The van der Waals surface area contributed by atoms with Crippen molar-refractivity contribution in [2.75, 3.05) is 13.1 Å². The Labute approximate surface area is 75.5 Å². The van der Waals surface area contributed by atoms with Crippen LogP contribution in [-0.4, -0.2) is 41.1 Å². The lowest BCUT2D eigenvalue weighted by Gasteiger charge is -2.45. The molecule has 0 aromatic carbocycles. The largest absolute Gasteiger partial charge is 0.293 e. The zero-order valence-electron chi connectivity index (χ0n) is 8.62. The summed E-state index contributed by atoms with van der Waals surface area (Å²) in [7, 11) is 0. The van der Waals surface area contributed by atoms with Crippen molar-refractivity contribution in [3.8, 4) is 0 Å². The molecule has 0 bridgehead atoms. The normalized spacial score (nSPS) is 34.5. The minimum atomic E-state index is 0.582. The lowest BCUT2D eigenvalue weighted by Crippen LogP contribution is -2.60. The minimum Gasteiger partial charge on any atom is -0.293 e. The molecule has 2 atom stereocenters. The third kappa shape index (κ3) is 1.97. The predicted molar refractivity (Wildman–Crippen MR) is 51.7 cm³/mol. The second-order valence-electron chi connectivity index (χ2n) is 4.19. The van der Waals surface area contributed by atoms with Crippen molar-refractivity contribution < 1.29 is 0 Å². The standard InChI is InChI=1S/C9H21N3/c1-7(2)12-8(3)5-11(10)6-9(12)4/h7-9H,5-6,10H2,1-4H3/t8-,9+. The molecule has 72 valence electrons. The molecule has 1 aliphatic heterocycles. The van der Waals surface area contributed by atoms with Gasteiger partial charge in [0, 0.05) is 31.2 Å². The van der Waals surface area contributed by atoms with Crippen LogP contribution in [0.3, 0.4) is 0 Å². The van der Waals surface area contributed by atoms with Crippen LogP contribution in [0.4, 0.5) is 0 Å². The van der Waals surface area contributed by atoms with Gasteiger partial charge in [-0.2, -0.15) is 0 Å². The number of hydrogen-bond donors (Lipinski definition) is 1. The Bertz CT molecular complexity index is 135. The quantitative estimate of drug-likeness (QED) is 0.588. The third-order valence-electron chi connectivity index (χ3n) is 2.61. The third-order valence-corrected chi connectivity index (χ3v) is 2.61. The number of rotatable bonds is 1. The van der Waals surface area contributed by atoms with E-state index in [0.29, 0.717) is 18.1 Å². The van der Waals surface area contributed by atoms with Gasteiger partial charge in [0.15, 0.2) is 0 Å². The van der Waals surface area contributed by atoms with E-state index in [-0.39, 0.29) is 0 Å². The average Bonchev–Trinajstić information content (AvgIpc) is 1.82. The summed E-state index contributed by atoms with van der Waals surface area (Å²) in [6, 6.07) is 1.79. The molecule has 0 radical (unpaired) electrons. The molecule has 0 amide bonds. The van der Waals surface area contributed by atoms with Crippen LogP contribution in [0.25, 0.3) is 0 Å². The molecule has 12 heavy (non-hydrogen) atoms.